The monoisotopic (exact) mass is 261 g/mol. The molecule has 104 valence electrons. The van der Waals surface area contributed by atoms with Gasteiger partial charge in [0.15, 0.2) is 0 Å². The molecule has 2 fully saturated rings. The molecular formula is C14H23N5. The van der Waals surface area contributed by atoms with Crippen LogP contribution in [-0.4, -0.2) is 48.2 Å². The fourth-order valence-corrected chi connectivity index (χ4v) is 2.98. The summed E-state index contributed by atoms with van der Waals surface area (Å²) in [7, 11) is 0. The van der Waals surface area contributed by atoms with E-state index in [1.54, 1.807) is 0 Å². The van der Waals surface area contributed by atoms with Crippen LogP contribution in [0.2, 0.25) is 0 Å². The summed E-state index contributed by atoms with van der Waals surface area (Å²) in [6.07, 6.45) is 8.66. The van der Waals surface area contributed by atoms with Gasteiger partial charge in [-0.15, -0.1) is 0 Å². The standard InChI is InChI=1S/C14H23N5/c1-3-13(15-6-1)11-18-12-4-9-19(10-5-12)14-16-7-2-8-17-14/h2,7-8,12-13,15,18H,1,3-6,9-11H2. The van der Waals surface area contributed by atoms with Gasteiger partial charge in [-0.25, -0.2) is 9.97 Å². The maximum Gasteiger partial charge on any atom is 0.225 e. The van der Waals surface area contributed by atoms with E-state index in [2.05, 4.69) is 25.5 Å². The lowest BCUT2D eigenvalue weighted by molar-refractivity contribution is 0.391. The van der Waals surface area contributed by atoms with E-state index in [-0.39, 0.29) is 0 Å². The highest BCUT2D eigenvalue weighted by molar-refractivity contribution is 5.29. The zero-order chi connectivity index (χ0) is 12.9. The van der Waals surface area contributed by atoms with Crippen molar-refractivity contribution in [2.24, 2.45) is 0 Å². The van der Waals surface area contributed by atoms with E-state index in [4.69, 9.17) is 0 Å². The normalized spacial score (nSPS) is 24.8. The van der Waals surface area contributed by atoms with E-state index >= 15 is 0 Å². The maximum absolute atomic E-state index is 4.32. The number of rotatable bonds is 4. The van der Waals surface area contributed by atoms with Gasteiger partial charge in [0.05, 0.1) is 0 Å². The fraction of sp³-hybridized carbons (Fsp3) is 0.714. The Morgan fingerprint density at radius 3 is 2.68 bits per heavy atom. The minimum absolute atomic E-state index is 0.655. The summed E-state index contributed by atoms with van der Waals surface area (Å²) in [5.74, 6) is 0.874. The molecule has 0 saturated carbocycles. The van der Waals surface area contributed by atoms with E-state index in [9.17, 15) is 0 Å². The van der Waals surface area contributed by atoms with Crippen LogP contribution in [-0.2, 0) is 0 Å². The molecule has 0 bridgehead atoms. The molecule has 5 heteroatoms. The predicted octanol–water partition coefficient (Wildman–Crippen LogP) is 0.787. The van der Waals surface area contributed by atoms with Crippen molar-refractivity contribution in [3.63, 3.8) is 0 Å². The van der Waals surface area contributed by atoms with Crippen LogP contribution in [0.5, 0.6) is 0 Å². The summed E-state index contributed by atoms with van der Waals surface area (Å²) in [4.78, 5) is 10.9. The summed E-state index contributed by atoms with van der Waals surface area (Å²) in [6, 6.07) is 3.21. The van der Waals surface area contributed by atoms with Crippen molar-refractivity contribution < 1.29 is 0 Å². The van der Waals surface area contributed by atoms with Gasteiger partial charge in [-0.1, -0.05) is 0 Å². The number of hydrogen-bond acceptors (Lipinski definition) is 5. The molecule has 3 heterocycles. The number of anilines is 1. The molecular weight excluding hydrogens is 238 g/mol. The minimum atomic E-state index is 0.655. The largest absolute Gasteiger partial charge is 0.341 e. The summed E-state index contributed by atoms with van der Waals surface area (Å²) in [5, 5.41) is 7.24. The van der Waals surface area contributed by atoms with E-state index in [1.807, 2.05) is 18.5 Å². The quantitative estimate of drug-likeness (QED) is 0.839. The Balaban J connectivity index is 1.42. The molecule has 19 heavy (non-hydrogen) atoms. The van der Waals surface area contributed by atoms with E-state index < -0.39 is 0 Å². The number of hydrogen-bond donors (Lipinski definition) is 2. The maximum atomic E-state index is 4.32. The molecule has 0 aromatic carbocycles. The topological polar surface area (TPSA) is 53.1 Å². The Morgan fingerprint density at radius 2 is 2.00 bits per heavy atom. The first kappa shape index (κ1) is 12.8. The van der Waals surface area contributed by atoms with Gasteiger partial charge in [0.2, 0.25) is 5.95 Å². The molecule has 2 aliphatic heterocycles. The Morgan fingerprint density at radius 1 is 1.21 bits per heavy atom. The second-order valence-corrected chi connectivity index (χ2v) is 5.51. The van der Waals surface area contributed by atoms with Gasteiger partial charge in [-0.05, 0) is 38.3 Å². The van der Waals surface area contributed by atoms with Crippen LogP contribution in [0.15, 0.2) is 18.5 Å². The highest BCUT2D eigenvalue weighted by Crippen LogP contribution is 2.15. The van der Waals surface area contributed by atoms with Crippen molar-refractivity contribution in [2.45, 2.75) is 37.8 Å². The first-order valence-corrected chi connectivity index (χ1v) is 7.40. The number of nitrogens with zero attached hydrogens (tertiary/aromatic N) is 3. The second-order valence-electron chi connectivity index (χ2n) is 5.51. The van der Waals surface area contributed by atoms with Crippen LogP contribution >= 0.6 is 0 Å². The average molecular weight is 261 g/mol. The van der Waals surface area contributed by atoms with Crippen molar-refractivity contribution >= 4 is 5.95 Å². The molecule has 0 radical (unpaired) electrons. The molecule has 0 amide bonds. The minimum Gasteiger partial charge on any atom is -0.341 e. The number of nitrogens with one attached hydrogen (secondary N) is 2. The molecule has 1 atom stereocenters. The van der Waals surface area contributed by atoms with Crippen LogP contribution in [0.3, 0.4) is 0 Å². The van der Waals surface area contributed by atoms with Gasteiger partial charge in [-0.2, -0.15) is 0 Å². The van der Waals surface area contributed by atoms with Crippen molar-refractivity contribution in [3.05, 3.63) is 18.5 Å². The van der Waals surface area contributed by atoms with Gasteiger partial charge < -0.3 is 15.5 Å². The van der Waals surface area contributed by atoms with E-state index in [0.717, 1.165) is 25.6 Å². The zero-order valence-electron chi connectivity index (χ0n) is 11.4. The fourth-order valence-electron chi connectivity index (χ4n) is 2.98. The summed E-state index contributed by atoms with van der Waals surface area (Å²) in [6.45, 7) is 4.42. The van der Waals surface area contributed by atoms with Crippen LogP contribution in [0, 0.1) is 0 Å². The van der Waals surface area contributed by atoms with Crippen molar-refractivity contribution in [3.8, 4) is 0 Å². The molecule has 1 unspecified atom stereocenters. The van der Waals surface area contributed by atoms with Gasteiger partial charge >= 0.3 is 0 Å². The molecule has 2 aliphatic rings. The molecule has 3 rings (SSSR count). The Hall–Kier alpha value is -1.20. The first-order chi connectivity index (χ1) is 9.42. The molecule has 5 nitrogen and oxygen atoms in total. The Labute approximate surface area is 114 Å². The molecule has 2 saturated heterocycles. The SMILES string of the molecule is c1cnc(N2CCC(NCC3CCCN3)CC2)nc1. The molecule has 1 aromatic rings. The van der Waals surface area contributed by atoms with Gasteiger partial charge in [-0.3, -0.25) is 0 Å². The summed E-state index contributed by atoms with van der Waals surface area (Å²) in [5.41, 5.74) is 0. The molecule has 2 N–H and O–H groups in total. The molecule has 0 spiro atoms. The Bertz CT molecular complexity index is 369. The van der Waals surface area contributed by atoms with Crippen molar-refractivity contribution in [2.75, 3.05) is 31.1 Å². The van der Waals surface area contributed by atoms with Crippen LogP contribution < -0.4 is 15.5 Å². The number of aromatic nitrogens is 2. The summed E-state index contributed by atoms with van der Waals surface area (Å²) < 4.78 is 0. The highest BCUT2D eigenvalue weighted by Gasteiger charge is 2.22. The third-order valence-corrected chi connectivity index (χ3v) is 4.15. The van der Waals surface area contributed by atoms with Crippen LogP contribution in [0.25, 0.3) is 0 Å². The van der Waals surface area contributed by atoms with Crippen LogP contribution in [0.1, 0.15) is 25.7 Å². The lowest BCUT2D eigenvalue weighted by Gasteiger charge is -2.33. The third-order valence-electron chi connectivity index (χ3n) is 4.15. The average Bonchev–Trinajstić information content (AvgIpc) is 3.00. The van der Waals surface area contributed by atoms with Crippen LogP contribution in [0.4, 0.5) is 5.95 Å². The van der Waals surface area contributed by atoms with Gasteiger partial charge in [0.25, 0.3) is 0 Å². The van der Waals surface area contributed by atoms with Gasteiger partial charge in [0, 0.05) is 44.1 Å². The smallest absolute Gasteiger partial charge is 0.225 e. The Kier molecular flexibility index (Phi) is 4.25. The highest BCUT2D eigenvalue weighted by atomic mass is 15.3. The van der Waals surface area contributed by atoms with Crippen molar-refractivity contribution in [1.82, 2.24) is 20.6 Å². The molecule has 0 aliphatic carbocycles. The van der Waals surface area contributed by atoms with E-state index in [0.29, 0.717) is 12.1 Å². The van der Waals surface area contributed by atoms with E-state index in [1.165, 1.54) is 32.2 Å². The third kappa shape index (κ3) is 3.42. The first-order valence-electron chi connectivity index (χ1n) is 7.40. The van der Waals surface area contributed by atoms with Gasteiger partial charge in [0.1, 0.15) is 0 Å². The lowest BCUT2D eigenvalue weighted by atomic mass is 10.0. The number of piperidine rings is 1. The predicted molar refractivity (Wildman–Crippen MR) is 76.3 cm³/mol. The lowest BCUT2D eigenvalue weighted by Crippen LogP contribution is -2.46. The molecule has 1 aromatic heterocycles. The second kappa shape index (κ2) is 6.30. The summed E-state index contributed by atoms with van der Waals surface area (Å²) >= 11 is 0. The zero-order valence-corrected chi connectivity index (χ0v) is 11.4. The van der Waals surface area contributed by atoms with Crippen molar-refractivity contribution in [1.29, 1.82) is 0 Å².